The van der Waals surface area contributed by atoms with Crippen molar-refractivity contribution >= 4 is 44.0 Å². The fourth-order valence-electron chi connectivity index (χ4n) is 1.84. The monoisotopic (exact) mass is 321 g/mol. The first-order valence-corrected chi connectivity index (χ1v) is 6.97. The van der Waals surface area contributed by atoms with Crippen molar-refractivity contribution in [2.24, 2.45) is 0 Å². The van der Waals surface area contributed by atoms with Gasteiger partial charge in [-0.15, -0.1) is 11.3 Å². The molecular weight excluding hydrogens is 314 g/mol. The summed E-state index contributed by atoms with van der Waals surface area (Å²) in [5, 5.41) is 3.18. The molecule has 3 aromatic rings. The number of rotatable bonds is 2. The molecule has 3 nitrogen and oxygen atoms in total. The van der Waals surface area contributed by atoms with Crippen LogP contribution in [-0.2, 0) is 0 Å². The highest BCUT2D eigenvalue weighted by Gasteiger charge is 2.20. The minimum absolute atomic E-state index is 0.158. The molecule has 0 saturated carbocycles. The number of carbonyl (C=O) groups is 1. The number of hydrogen-bond acceptors (Lipinski definition) is 4. The van der Waals surface area contributed by atoms with Gasteiger partial charge in [-0.3, -0.25) is 4.79 Å². The Morgan fingerprint density at radius 3 is 3.00 bits per heavy atom. The van der Waals surface area contributed by atoms with Gasteiger partial charge in [-0.05, 0) is 25.1 Å². The summed E-state index contributed by atoms with van der Waals surface area (Å²) >= 11 is 4.73. The third kappa shape index (κ3) is 1.79. The van der Waals surface area contributed by atoms with E-state index in [0.29, 0.717) is 10.8 Å². The summed E-state index contributed by atoms with van der Waals surface area (Å²) in [7, 11) is 0. The highest BCUT2D eigenvalue weighted by atomic mass is 79.9. The molecule has 18 heavy (non-hydrogen) atoms. The van der Waals surface area contributed by atoms with E-state index in [1.54, 1.807) is 11.6 Å². The summed E-state index contributed by atoms with van der Waals surface area (Å²) in [6.07, 6.45) is 1.62. The summed E-state index contributed by atoms with van der Waals surface area (Å²) in [5.74, 6) is 0.216. The highest BCUT2D eigenvalue weighted by Crippen LogP contribution is 2.29. The molecule has 90 valence electrons. The van der Waals surface area contributed by atoms with Gasteiger partial charge in [0, 0.05) is 27.0 Å². The van der Waals surface area contributed by atoms with Crippen LogP contribution < -0.4 is 0 Å². The first-order chi connectivity index (χ1) is 8.66. The fourth-order valence-corrected chi connectivity index (χ4v) is 2.78. The molecule has 0 bridgehead atoms. The number of benzene rings is 1. The van der Waals surface area contributed by atoms with Gasteiger partial charge in [-0.1, -0.05) is 15.9 Å². The van der Waals surface area contributed by atoms with E-state index in [2.05, 4.69) is 20.9 Å². The Hall–Kier alpha value is -1.46. The lowest BCUT2D eigenvalue weighted by Crippen LogP contribution is -2.00. The van der Waals surface area contributed by atoms with Crippen molar-refractivity contribution in [3.05, 3.63) is 50.6 Å². The first-order valence-electron chi connectivity index (χ1n) is 5.29. The molecule has 0 aliphatic carbocycles. The maximum absolute atomic E-state index is 12.2. The maximum atomic E-state index is 12.2. The SMILES string of the molecule is Cc1c(C(=O)c2nccs2)oc2ccc(Br)cc12. The van der Waals surface area contributed by atoms with E-state index < -0.39 is 0 Å². The topological polar surface area (TPSA) is 43.1 Å². The molecule has 0 N–H and O–H groups in total. The lowest BCUT2D eigenvalue weighted by molar-refractivity contribution is 0.101. The largest absolute Gasteiger partial charge is 0.452 e. The standard InChI is InChI=1S/C13H8BrNO2S/c1-7-9-6-8(14)2-3-10(9)17-12(7)11(16)13-15-4-5-18-13/h2-6H,1H3. The molecule has 2 aromatic heterocycles. The van der Waals surface area contributed by atoms with E-state index >= 15 is 0 Å². The van der Waals surface area contributed by atoms with Crippen LogP contribution in [0.2, 0.25) is 0 Å². The van der Waals surface area contributed by atoms with E-state index in [1.807, 2.05) is 25.1 Å². The highest BCUT2D eigenvalue weighted by molar-refractivity contribution is 9.10. The van der Waals surface area contributed by atoms with Crippen molar-refractivity contribution in [1.82, 2.24) is 4.98 Å². The maximum Gasteiger partial charge on any atom is 0.256 e. The number of halogens is 1. The van der Waals surface area contributed by atoms with Crippen LogP contribution in [0.4, 0.5) is 0 Å². The van der Waals surface area contributed by atoms with E-state index in [0.717, 1.165) is 21.0 Å². The van der Waals surface area contributed by atoms with E-state index in [1.165, 1.54) is 11.3 Å². The number of aromatic nitrogens is 1. The van der Waals surface area contributed by atoms with E-state index in [-0.39, 0.29) is 5.78 Å². The average molecular weight is 322 g/mol. The Labute approximate surface area is 116 Å². The summed E-state index contributed by atoms with van der Waals surface area (Å²) in [6.45, 7) is 1.89. The van der Waals surface area contributed by atoms with Crippen LogP contribution in [0.5, 0.6) is 0 Å². The summed E-state index contributed by atoms with van der Waals surface area (Å²) in [4.78, 5) is 16.2. The number of thiazole rings is 1. The fraction of sp³-hybridized carbons (Fsp3) is 0.0769. The predicted molar refractivity (Wildman–Crippen MR) is 74.2 cm³/mol. The van der Waals surface area contributed by atoms with Crippen LogP contribution in [0, 0.1) is 6.92 Å². The number of carbonyl (C=O) groups excluding carboxylic acids is 1. The molecule has 1 aromatic carbocycles. The van der Waals surface area contributed by atoms with Crippen LogP contribution in [-0.4, -0.2) is 10.8 Å². The summed E-state index contributed by atoms with van der Waals surface area (Å²) in [5.41, 5.74) is 1.57. The molecule has 2 heterocycles. The van der Waals surface area contributed by atoms with Crippen molar-refractivity contribution < 1.29 is 9.21 Å². The molecule has 0 aliphatic rings. The predicted octanol–water partition coefficient (Wildman–Crippen LogP) is 4.19. The normalized spacial score (nSPS) is 11.0. The molecule has 0 atom stereocenters. The zero-order valence-corrected chi connectivity index (χ0v) is 11.8. The first kappa shape index (κ1) is 11.6. The van der Waals surface area contributed by atoms with Crippen molar-refractivity contribution in [3.8, 4) is 0 Å². The Morgan fingerprint density at radius 1 is 1.44 bits per heavy atom. The minimum Gasteiger partial charge on any atom is -0.452 e. The number of ketones is 1. The van der Waals surface area contributed by atoms with Crippen LogP contribution in [0.3, 0.4) is 0 Å². The third-order valence-electron chi connectivity index (χ3n) is 2.73. The van der Waals surface area contributed by atoms with Crippen molar-refractivity contribution in [1.29, 1.82) is 0 Å². The molecule has 0 amide bonds. The number of fused-ring (bicyclic) bond motifs is 1. The second-order valence-corrected chi connectivity index (χ2v) is 5.67. The van der Waals surface area contributed by atoms with Gasteiger partial charge >= 0.3 is 0 Å². The molecule has 0 radical (unpaired) electrons. The molecule has 3 rings (SSSR count). The van der Waals surface area contributed by atoms with Gasteiger partial charge in [0.15, 0.2) is 10.8 Å². The number of furan rings is 1. The van der Waals surface area contributed by atoms with Crippen molar-refractivity contribution in [3.63, 3.8) is 0 Å². The number of nitrogens with zero attached hydrogens (tertiary/aromatic N) is 1. The van der Waals surface area contributed by atoms with Crippen LogP contribution in [0.15, 0.2) is 38.7 Å². The Bertz CT molecular complexity index is 731. The third-order valence-corrected chi connectivity index (χ3v) is 4.00. The zero-order valence-electron chi connectivity index (χ0n) is 9.44. The van der Waals surface area contributed by atoms with Gasteiger partial charge in [0.2, 0.25) is 0 Å². The molecule has 0 aliphatic heterocycles. The number of aryl methyl sites for hydroxylation is 1. The molecule has 5 heteroatoms. The molecule has 0 unspecified atom stereocenters. The molecule has 0 fully saturated rings. The summed E-state index contributed by atoms with van der Waals surface area (Å²) in [6, 6.07) is 5.70. The smallest absolute Gasteiger partial charge is 0.256 e. The van der Waals surface area contributed by atoms with Gasteiger partial charge < -0.3 is 4.42 Å². The van der Waals surface area contributed by atoms with E-state index in [9.17, 15) is 4.79 Å². The summed E-state index contributed by atoms with van der Waals surface area (Å²) < 4.78 is 6.60. The van der Waals surface area contributed by atoms with Crippen molar-refractivity contribution in [2.45, 2.75) is 6.92 Å². The average Bonchev–Trinajstić information content (AvgIpc) is 2.98. The molecular formula is C13H8BrNO2S. The van der Waals surface area contributed by atoms with Crippen LogP contribution in [0.1, 0.15) is 21.1 Å². The molecule has 0 spiro atoms. The van der Waals surface area contributed by atoms with E-state index in [4.69, 9.17) is 4.42 Å². The second-order valence-electron chi connectivity index (χ2n) is 3.86. The number of hydrogen-bond donors (Lipinski definition) is 0. The minimum atomic E-state index is -0.158. The Kier molecular flexibility index (Phi) is 2.80. The lowest BCUT2D eigenvalue weighted by Gasteiger charge is -1.93. The second kappa shape index (κ2) is 4.33. The quantitative estimate of drug-likeness (QED) is 0.664. The van der Waals surface area contributed by atoms with Gasteiger partial charge in [0.1, 0.15) is 5.58 Å². The molecule has 0 saturated heterocycles. The van der Waals surface area contributed by atoms with Crippen LogP contribution in [0.25, 0.3) is 11.0 Å². The van der Waals surface area contributed by atoms with Gasteiger partial charge in [-0.25, -0.2) is 4.98 Å². The Morgan fingerprint density at radius 2 is 2.28 bits per heavy atom. The zero-order chi connectivity index (χ0) is 12.7. The lowest BCUT2D eigenvalue weighted by atomic mass is 10.1. The van der Waals surface area contributed by atoms with Crippen LogP contribution >= 0.6 is 27.3 Å². The Balaban J connectivity index is 2.19. The van der Waals surface area contributed by atoms with Gasteiger partial charge in [0.05, 0.1) is 0 Å². The van der Waals surface area contributed by atoms with Crippen molar-refractivity contribution in [2.75, 3.05) is 0 Å². The van der Waals surface area contributed by atoms with Gasteiger partial charge in [-0.2, -0.15) is 0 Å². The van der Waals surface area contributed by atoms with Gasteiger partial charge in [0.25, 0.3) is 5.78 Å².